The maximum Gasteiger partial charge on any atom is 0.268 e. The lowest BCUT2D eigenvalue weighted by molar-refractivity contribution is -0.137. The normalized spacial score (nSPS) is 14.7. The van der Waals surface area contributed by atoms with Crippen molar-refractivity contribution in [1.82, 2.24) is 9.88 Å². The molecule has 2 heterocycles. The molecule has 2 aromatic rings. The zero-order valence-corrected chi connectivity index (χ0v) is 14.5. The summed E-state index contributed by atoms with van der Waals surface area (Å²) in [5.41, 5.74) is 3.11. The number of aryl methyl sites for hydroxylation is 1. The topological polar surface area (TPSA) is 50.3 Å². The summed E-state index contributed by atoms with van der Waals surface area (Å²) in [6.45, 7) is 4.17. The summed E-state index contributed by atoms with van der Waals surface area (Å²) in [7, 11) is 0. The molecule has 1 aliphatic heterocycles. The highest BCUT2D eigenvalue weighted by Gasteiger charge is 2.38. The quantitative estimate of drug-likeness (QED) is 0.784. The molecule has 0 bridgehead atoms. The molecule has 4 nitrogen and oxygen atoms in total. The summed E-state index contributed by atoms with van der Waals surface area (Å²) in [6.07, 6.45) is 1.66. The van der Waals surface area contributed by atoms with Crippen molar-refractivity contribution >= 4 is 29.1 Å². The van der Waals surface area contributed by atoms with Crippen molar-refractivity contribution in [3.05, 3.63) is 70.4 Å². The van der Waals surface area contributed by atoms with E-state index < -0.39 is 0 Å². The van der Waals surface area contributed by atoms with E-state index in [9.17, 15) is 9.59 Å². The molecular weight excluding hydrogens is 320 g/mol. The first-order valence-corrected chi connectivity index (χ1v) is 8.80. The fraction of sp³-hybridized carbons (Fsp3) is 0.211. The van der Waals surface area contributed by atoms with Crippen LogP contribution in [0.4, 0.5) is 0 Å². The van der Waals surface area contributed by atoms with Crippen LogP contribution in [0.25, 0.3) is 5.57 Å². The van der Waals surface area contributed by atoms with Crippen LogP contribution in [-0.2, 0) is 16.1 Å². The molecule has 5 heteroatoms. The van der Waals surface area contributed by atoms with E-state index in [1.165, 1.54) is 16.7 Å². The third kappa shape index (κ3) is 3.12. The molecule has 1 aliphatic rings. The van der Waals surface area contributed by atoms with Gasteiger partial charge in [0.15, 0.2) is 0 Å². The Morgan fingerprint density at radius 2 is 1.79 bits per heavy atom. The second kappa shape index (κ2) is 7.01. The SMILES string of the molecule is CCSC1=C(c2ccc(C)cc2)C(=O)N(Cc2ccccn2)C1=O. The van der Waals surface area contributed by atoms with Crippen LogP contribution in [0.3, 0.4) is 0 Å². The average molecular weight is 338 g/mol. The van der Waals surface area contributed by atoms with Gasteiger partial charge in [-0.25, -0.2) is 0 Å². The van der Waals surface area contributed by atoms with Crippen LogP contribution in [0.1, 0.15) is 23.7 Å². The molecule has 0 saturated carbocycles. The molecule has 1 aromatic carbocycles. The van der Waals surface area contributed by atoms with Gasteiger partial charge in [-0.2, -0.15) is 0 Å². The van der Waals surface area contributed by atoms with Crippen LogP contribution < -0.4 is 0 Å². The molecule has 1 aromatic heterocycles. The van der Waals surface area contributed by atoms with Gasteiger partial charge >= 0.3 is 0 Å². The number of carbonyl (C=O) groups excluding carboxylic acids is 2. The van der Waals surface area contributed by atoms with Crippen LogP contribution >= 0.6 is 11.8 Å². The van der Waals surface area contributed by atoms with Crippen molar-refractivity contribution in [2.24, 2.45) is 0 Å². The van der Waals surface area contributed by atoms with Gasteiger partial charge in [-0.1, -0.05) is 42.8 Å². The van der Waals surface area contributed by atoms with Crippen LogP contribution in [-0.4, -0.2) is 27.5 Å². The lowest BCUT2D eigenvalue weighted by Gasteiger charge is -2.14. The lowest BCUT2D eigenvalue weighted by atomic mass is 10.0. The Bertz CT molecular complexity index is 798. The number of thioether (sulfide) groups is 1. The zero-order valence-electron chi connectivity index (χ0n) is 13.7. The Morgan fingerprint density at radius 1 is 1.04 bits per heavy atom. The average Bonchev–Trinajstić information content (AvgIpc) is 2.82. The van der Waals surface area contributed by atoms with Crippen LogP contribution in [0.5, 0.6) is 0 Å². The molecule has 24 heavy (non-hydrogen) atoms. The number of aromatic nitrogens is 1. The van der Waals surface area contributed by atoms with Crippen LogP contribution in [0, 0.1) is 6.92 Å². The van der Waals surface area contributed by atoms with E-state index in [0.29, 0.717) is 16.2 Å². The number of amides is 2. The molecule has 0 radical (unpaired) electrons. The second-order valence-electron chi connectivity index (χ2n) is 5.52. The summed E-state index contributed by atoms with van der Waals surface area (Å²) in [6, 6.07) is 13.2. The van der Waals surface area contributed by atoms with Crippen LogP contribution in [0.15, 0.2) is 53.6 Å². The minimum absolute atomic E-state index is 0.196. The zero-order chi connectivity index (χ0) is 17.1. The summed E-state index contributed by atoms with van der Waals surface area (Å²) in [4.78, 5) is 31.7. The van der Waals surface area contributed by atoms with Gasteiger partial charge < -0.3 is 0 Å². The molecule has 0 unspecified atom stereocenters. The molecule has 3 rings (SSSR count). The molecule has 122 valence electrons. The van der Waals surface area contributed by atoms with E-state index in [1.54, 1.807) is 6.20 Å². The fourth-order valence-electron chi connectivity index (χ4n) is 2.60. The van der Waals surface area contributed by atoms with E-state index in [-0.39, 0.29) is 18.4 Å². The van der Waals surface area contributed by atoms with Crippen molar-refractivity contribution in [3.63, 3.8) is 0 Å². The van der Waals surface area contributed by atoms with E-state index in [2.05, 4.69) is 4.98 Å². The molecule has 0 N–H and O–H groups in total. The van der Waals surface area contributed by atoms with Crippen LogP contribution in [0.2, 0.25) is 0 Å². The highest BCUT2D eigenvalue weighted by Crippen LogP contribution is 2.36. The Morgan fingerprint density at radius 3 is 2.42 bits per heavy atom. The number of benzene rings is 1. The number of imide groups is 1. The number of carbonyl (C=O) groups is 2. The molecule has 0 fully saturated rings. The molecule has 0 atom stereocenters. The number of hydrogen-bond acceptors (Lipinski definition) is 4. The second-order valence-corrected chi connectivity index (χ2v) is 6.79. The number of rotatable bonds is 5. The Hall–Kier alpha value is -2.40. The lowest BCUT2D eigenvalue weighted by Crippen LogP contribution is -2.31. The van der Waals surface area contributed by atoms with Gasteiger partial charge in [0.25, 0.3) is 11.8 Å². The third-order valence-electron chi connectivity index (χ3n) is 3.80. The fourth-order valence-corrected chi connectivity index (χ4v) is 3.48. The number of hydrogen-bond donors (Lipinski definition) is 0. The standard InChI is InChI=1S/C19H18N2O2S/c1-3-24-17-16(14-9-7-13(2)8-10-14)18(22)21(19(17)23)12-15-6-4-5-11-20-15/h4-11H,3,12H2,1-2H3. The summed E-state index contributed by atoms with van der Waals surface area (Å²) in [5.74, 6) is 0.264. The van der Waals surface area contributed by atoms with Crippen molar-refractivity contribution in [3.8, 4) is 0 Å². The Balaban J connectivity index is 1.97. The van der Waals surface area contributed by atoms with Crippen molar-refractivity contribution in [1.29, 1.82) is 0 Å². The largest absolute Gasteiger partial charge is 0.269 e. The predicted octanol–water partition coefficient (Wildman–Crippen LogP) is 3.42. The van der Waals surface area contributed by atoms with Gasteiger partial charge in [0.1, 0.15) is 0 Å². The van der Waals surface area contributed by atoms with Gasteiger partial charge in [0, 0.05) is 6.20 Å². The van der Waals surface area contributed by atoms with Gasteiger partial charge in [-0.15, -0.1) is 11.8 Å². The number of pyridine rings is 1. The Kier molecular flexibility index (Phi) is 4.81. The summed E-state index contributed by atoms with van der Waals surface area (Å²) in [5, 5.41) is 0. The smallest absolute Gasteiger partial charge is 0.268 e. The third-order valence-corrected chi connectivity index (χ3v) is 4.76. The molecule has 2 amide bonds. The molecular formula is C19H18N2O2S. The maximum absolute atomic E-state index is 12.9. The van der Waals surface area contributed by atoms with Gasteiger partial charge in [0.05, 0.1) is 22.7 Å². The first kappa shape index (κ1) is 16.5. The van der Waals surface area contributed by atoms with E-state index >= 15 is 0 Å². The van der Waals surface area contributed by atoms with Gasteiger partial charge in [-0.05, 0) is 30.4 Å². The summed E-state index contributed by atoms with van der Waals surface area (Å²) >= 11 is 1.42. The molecule has 0 aliphatic carbocycles. The first-order chi connectivity index (χ1) is 11.6. The molecule has 0 spiro atoms. The van der Waals surface area contributed by atoms with Crippen molar-refractivity contribution < 1.29 is 9.59 Å². The van der Waals surface area contributed by atoms with Gasteiger partial charge in [-0.3, -0.25) is 19.5 Å². The molecule has 0 saturated heterocycles. The highest BCUT2D eigenvalue weighted by atomic mass is 32.2. The monoisotopic (exact) mass is 338 g/mol. The first-order valence-electron chi connectivity index (χ1n) is 7.82. The maximum atomic E-state index is 12.9. The van der Waals surface area contributed by atoms with E-state index in [0.717, 1.165) is 16.9 Å². The van der Waals surface area contributed by atoms with E-state index in [4.69, 9.17) is 0 Å². The van der Waals surface area contributed by atoms with Crippen molar-refractivity contribution in [2.75, 3.05) is 5.75 Å². The minimum Gasteiger partial charge on any atom is -0.269 e. The highest BCUT2D eigenvalue weighted by molar-refractivity contribution is 8.04. The minimum atomic E-state index is -0.245. The van der Waals surface area contributed by atoms with E-state index in [1.807, 2.05) is 56.3 Å². The Labute approximate surface area is 145 Å². The van der Waals surface area contributed by atoms with Crippen molar-refractivity contribution in [2.45, 2.75) is 20.4 Å². The predicted molar refractivity (Wildman–Crippen MR) is 96.0 cm³/mol. The number of nitrogens with zero attached hydrogens (tertiary/aromatic N) is 2. The van der Waals surface area contributed by atoms with Gasteiger partial charge in [0.2, 0.25) is 0 Å². The summed E-state index contributed by atoms with van der Waals surface area (Å²) < 4.78 is 0.